The van der Waals surface area contributed by atoms with E-state index in [2.05, 4.69) is 36.2 Å². The highest BCUT2D eigenvalue weighted by Gasteiger charge is 2.21. The van der Waals surface area contributed by atoms with Gasteiger partial charge in [-0.05, 0) is 18.3 Å². The Morgan fingerprint density at radius 2 is 2.00 bits per heavy atom. The maximum atomic E-state index is 5.62. The van der Waals surface area contributed by atoms with Crippen LogP contribution >= 0.6 is 0 Å². The molecule has 6 heteroatoms. The van der Waals surface area contributed by atoms with E-state index in [4.69, 9.17) is 15.3 Å². The van der Waals surface area contributed by atoms with E-state index in [-0.39, 0.29) is 11.5 Å². The molecule has 0 aliphatic rings. The molecule has 0 spiro atoms. The molecule has 6 nitrogen and oxygen atoms in total. The molecule has 1 unspecified atom stereocenters. The lowest BCUT2D eigenvalue weighted by Gasteiger charge is -2.23. The summed E-state index contributed by atoms with van der Waals surface area (Å²) >= 11 is 0. The Labute approximate surface area is 114 Å². The van der Waals surface area contributed by atoms with Crippen molar-refractivity contribution in [3.05, 3.63) is 11.9 Å². The number of rotatable bonds is 6. The lowest BCUT2D eigenvalue weighted by molar-refractivity contribution is 0.316. The molecule has 0 amide bonds. The van der Waals surface area contributed by atoms with Crippen LogP contribution in [0.15, 0.2) is 6.20 Å². The van der Waals surface area contributed by atoms with Gasteiger partial charge in [0.1, 0.15) is 5.69 Å². The maximum Gasteiger partial charge on any atom is 0.240 e. The molecule has 0 aromatic carbocycles. The maximum absolute atomic E-state index is 5.62. The van der Waals surface area contributed by atoms with E-state index in [1.54, 1.807) is 20.4 Å². The second kappa shape index (κ2) is 6.68. The summed E-state index contributed by atoms with van der Waals surface area (Å²) in [6.45, 7) is 6.58. The average Bonchev–Trinajstić information content (AvgIpc) is 2.38. The second-order valence-corrected chi connectivity index (χ2v) is 5.63. The van der Waals surface area contributed by atoms with Crippen molar-refractivity contribution in [1.29, 1.82) is 0 Å². The van der Waals surface area contributed by atoms with Gasteiger partial charge in [-0.2, -0.15) is 4.98 Å². The highest BCUT2D eigenvalue weighted by molar-refractivity contribution is 5.25. The highest BCUT2D eigenvalue weighted by Crippen LogP contribution is 2.30. The van der Waals surface area contributed by atoms with Crippen molar-refractivity contribution in [2.75, 3.05) is 14.2 Å². The number of nitrogens with zero attached hydrogens (tertiary/aromatic N) is 2. The number of nitrogens with two attached hydrogens (primary N) is 1. The standard InChI is InChI=1S/C13H24N4O2/c1-13(2,3)7-6-9(17-14)11-12(19-5)16-10(18-4)8-15-11/h8-9,17H,6-7,14H2,1-5H3. The summed E-state index contributed by atoms with van der Waals surface area (Å²) in [4.78, 5) is 8.56. The monoisotopic (exact) mass is 268 g/mol. The van der Waals surface area contributed by atoms with Crippen molar-refractivity contribution < 1.29 is 9.47 Å². The minimum Gasteiger partial charge on any atom is -0.480 e. The summed E-state index contributed by atoms with van der Waals surface area (Å²) in [6, 6.07) is -0.0902. The van der Waals surface area contributed by atoms with E-state index in [1.165, 1.54) is 0 Å². The van der Waals surface area contributed by atoms with Gasteiger partial charge in [-0.1, -0.05) is 20.8 Å². The summed E-state index contributed by atoms with van der Waals surface area (Å²) in [5.74, 6) is 6.49. The zero-order valence-electron chi connectivity index (χ0n) is 12.4. The van der Waals surface area contributed by atoms with Gasteiger partial charge in [0.15, 0.2) is 0 Å². The van der Waals surface area contributed by atoms with Crippen molar-refractivity contribution in [3.8, 4) is 11.8 Å². The van der Waals surface area contributed by atoms with Gasteiger partial charge in [-0.25, -0.2) is 4.98 Å². The van der Waals surface area contributed by atoms with Crippen LogP contribution in [0.4, 0.5) is 0 Å². The molecular formula is C13H24N4O2. The first-order chi connectivity index (χ1) is 8.91. The van der Waals surface area contributed by atoms with Crippen LogP contribution in [-0.4, -0.2) is 24.2 Å². The van der Waals surface area contributed by atoms with Crippen molar-refractivity contribution in [2.45, 2.75) is 39.7 Å². The fraction of sp³-hybridized carbons (Fsp3) is 0.692. The molecule has 1 rings (SSSR count). The third-order valence-corrected chi connectivity index (χ3v) is 2.86. The second-order valence-electron chi connectivity index (χ2n) is 5.63. The van der Waals surface area contributed by atoms with Gasteiger partial charge in [-0.3, -0.25) is 11.3 Å². The molecule has 1 aromatic rings. The van der Waals surface area contributed by atoms with Gasteiger partial charge >= 0.3 is 0 Å². The van der Waals surface area contributed by atoms with Crippen LogP contribution in [0.25, 0.3) is 0 Å². The Morgan fingerprint density at radius 1 is 1.32 bits per heavy atom. The summed E-state index contributed by atoms with van der Waals surface area (Å²) in [5.41, 5.74) is 3.72. The molecule has 0 aliphatic heterocycles. The van der Waals surface area contributed by atoms with Gasteiger partial charge in [-0.15, -0.1) is 0 Å². The summed E-state index contributed by atoms with van der Waals surface area (Å²) < 4.78 is 10.3. The lowest BCUT2D eigenvalue weighted by Crippen LogP contribution is -2.30. The number of methoxy groups -OCH3 is 2. The first kappa shape index (κ1) is 15.7. The quantitative estimate of drug-likeness (QED) is 0.605. The molecule has 19 heavy (non-hydrogen) atoms. The van der Waals surface area contributed by atoms with Gasteiger partial charge in [0.25, 0.3) is 0 Å². The Hall–Kier alpha value is -1.40. The molecule has 1 heterocycles. The third kappa shape index (κ3) is 4.65. The summed E-state index contributed by atoms with van der Waals surface area (Å²) in [7, 11) is 3.10. The molecule has 0 saturated carbocycles. The largest absolute Gasteiger partial charge is 0.480 e. The van der Waals surface area contributed by atoms with Crippen LogP contribution in [0.1, 0.15) is 45.3 Å². The number of ether oxygens (including phenoxy) is 2. The Morgan fingerprint density at radius 3 is 2.47 bits per heavy atom. The predicted octanol–water partition coefficient (Wildman–Crippen LogP) is 1.82. The van der Waals surface area contributed by atoms with Crippen LogP contribution in [0, 0.1) is 5.41 Å². The number of hydrazine groups is 1. The summed E-state index contributed by atoms with van der Waals surface area (Å²) in [6.07, 6.45) is 3.44. The minimum atomic E-state index is -0.0902. The van der Waals surface area contributed by atoms with Crippen LogP contribution in [0.5, 0.6) is 11.8 Å². The number of hydrogen-bond donors (Lipinski definition) is 2. The number of nitrogens with one attached hydrogen (secondary N) is 1. The molecule has 0 bridgehead atoms. The Balaban J connectivity index is 2.91. The minimum absolute atomic E-state index is 0.0902. The van der Waals surface area contributed by atoms with E-state index in [0.29, 0.717) is 17.5 Å². The van der Waals surface area contributed by atoms with Crippen molar-refractivity contribution >= 4 is 0 Å². The average molecular weight is 268 g/mol. The smallest absolute Gasteiger partial charge is 0.240 e. The van der Waals surface area contributed by atoms with Crippen molar-refractivity contribution in [1.82, 2.24) is 15.4 Å². The van der Waals surface area contributed by atoms with Gasteiger partial charge in [0, 0.05) is 0 Å². The zero-order valence-corrected chi connectivity index (χ0v) is 12.4. The van der Waals surface area contributed by atoms with E-state index in [0.717, 1.165) is 12.8 Å². The topological polar surface area (TPSA) is 82.3 Å². The number of aromatic nitrogens is 2. The lowest BCUT2D eigenvalue weighted by atomic mass is 9.88. The molecule has 108 valence electrons. The Bertz CT molecular complexity index is 404. The molecule has 1 aromatic heterocycles. The van der Waals surface area contributed by atoms with Gasteiger partial charge < -0.3 is 9.47 Å². The predicted molar refractivity (Wildman–Crippen MR) is 73.9 cm³/mol. The highest BCUT2D eigenvalue weighted by atomic mass is 16.5. The van der Waals surface area contributed by atoms with Crippen LogP contribution in [0.2, 0.25) is 0 Å². The normalized spacial score (nSPS) is 13.2. The molecule has 3 N–H and O–H groups in total. The van der Waals surface area contributed by atoms with E-state index >= 15 is 0 Å². The zero-order chi connectivity index (χ0) is 14.5. The first-order valence-electron chi connectivity index (χ1n) is 6.32. The molecular weight excluding hydrogens is 244 g/mol. The van der Waals surface area contributed by atoms with Crippen LogP contribution in [0.3, 0.4) is 0 Å². The molecule has 1 atom stereocenters. The van der Waals surface area contributed by atoms with Crippen LogP contribution < -0.4 is 20.7 Å². The third-order valence-electron chi connectivity index (χ3n) is 2.86. The van der Waals surface area contributed by atoms with E-state index in [1.807, 2.05) is 0 Å². The number of hydrogen-bond acceptors (Lipinski definition) is 6. The molecule has 0 radical (unpaired) electrons. The molecule has 0 saturated heterocycles. The fourth-order valence-corrected chi connectivity index (χ4v) is 1.73. The van der Waals surface area contributed by atoms with Crippen LogP contribution in [-0.2, 0) is 0 Å². The summed E-state index contributed by atoms with van der Waals surface area (Å²) in [5, 5.41) is 0. The van der Waals surface area contributed by atoms with E-state index in [9.17, 15) is 0 Å². The molecule has 0 aliphatic carbocycles. The first-order valence-corrected chi connectivity index (χ1v) is 6.32. The van der Waals surface area contributed by atoms with Gasteiger partial charge in [0.2, 0.25) is 11.8 Å². The van der Waals surface area contributed by atoms with Crippen molar-refractivity contribution in [2.24, 2.45) is 11.3 Å². The van der Waals surface area contributed by atoms with E-state index < -0.39 is 0 Å². The SMILES string of the molecule is COc1cnc(C(CCC(C)(C)C)NN)c(OC)n1. The Kier molecular flexibility index (Phi) is 5.50. The molecule has 0 fully saturated rings. The van der Waals surface area contributed by atoms with Gasteiger partial charge in [0.05, 0.1) is 26.5 Å². The van der Waals surface area contributed by atoms with Crippen molar-refractivity contribution in [3.63, 3.8) is 0 Å². The fourth-order valence-electron chi connectivity index (χ4n) is 1.73.